The van der Waals surface area contributed by atoms with Crippen molar-refractivity contribution >= 4 is 50.0 Å². The molecule has 0 aliphatic rings. The van der Waals surface area contributed by atoms with Gasteiger partial charge in [0.2, 0.25) is 5.91 Å². The summed E-state index contributed by atoms with van der Waals surface area (Å²) >= 11 is 5.86. The maximum Gasteiger partial charge on any atom is 0.336 e. The van der Waals surface area contributed by atoms with Crippen LogP contribution in [0.25, 0.3) is 0 Å². The number of urea groups is 1. The molecular formula is C13H16Br2N2O4. The maximum absolute atomic E-state index is 11.0. The Morgan fingerprint density at radius 2 is 1.81 bits per heavy atom. The molecule has 1 rings (SSSR count). The van der Waals surface area contributed by atoms with Crippen LogP contribution in [-0.4, -0.2) is 26.9 Å². The number of amides is 3. The van der Waals surface area contributed by atoms with Gasteiger partial charge in [-0.2, -0.15) is 3.93 Å². The largest absolute Gasteiger partial charge is 0.478 e. The first-order valence-electron chi connectivity index (χ1n) is 5.92. The highest BCUT2D eigenvalue weighted by atomic mass is 79.9. The van der Waals surface area contributed by atoms with Gasteiger partial charge in [-0.1, -0.05) is 26.0 Å². The van der Waals surface area contributed by atoms with Crippen molar-refractivity contribution in [3.05, 3.63) is 34.3 Å². The Morgan fingerprint density at radius 1 is 1.29 bits per heavy atom. The maximum atomic E-state index is 11.0. The van der Waals surface area contributed by atoms with Crippen LogP contribution in [-0.2, 0) is 4.79 Å². The Bertz CT molecular complexity index is 521. The van der Waals surface area contributed by atoms with Crippen molar-refractivity contribution in [3.63, 3.8) is 0 Å². The van der Waals surface area contributed by atoms with Crippen LogP contribution in [0.4, 0.5) is 4.79 Å². The molecule has 0 atom stereocenters. The molecule has 0 fully saturated rings. The predicted octanol–water partition coefficient (Wildman–Crippen LogP) is 3.40. The molecule has 0 saturated carbocycles. The van der Waals surface area contributed by atoms with E-state index < -0.39 is 12.0 Å². The van der Waals surface area contributed by atoms with Gasteiger partial charge in [0, 0.05) is 10.9 Å². The Kier molecular flexibility index (Phi) is 8.87. The predicted molar refractivity (Wildman–Crippen MR) is 85.9 cm³/mol. The third kappa shape index (κ3) is 7.81. The minimum Gasteiger partial charge on any atom is -0.478 e. The lowest BCUT2D eigenvalue weighted by Gasteiger charge is -2.10. The minimum atomic E-state index is -0.910. The number of nitrogens with two attached hydrogens (primary N) is 1. The van der Waals surface area contributed by atoms with E-state index in [1.807, 2.05) is 13.8 Å². The molecule has 0 spiro atoms. The highest BCUT2D eigenvalue weighted by molar-refractivity contribution is 9.10. The molecule has 0 unspecified atom stereocenters. The molecule has 0 saturated heterocycles. The Labute approximate surface area is 139 Å². The van der Waals surface area contributed by atoms with Crippen LogP contribution >= 0.6 is 32.1 Å². The second kappa shape index (κ2) is 9.51. The van der Waals surface area contributed by atoms with Crippen molar-refractivity contribution in [2.24, 2.45) is 11.7 Å². The molecule has 8 heteroatoms. The van der Waals surface area contributed by atoms with E-state index in [1.165, 1.54) is 0 Å². The van der Waals surface area contributed by atoms with Crippen molar-refractivity contribution in [2.75, 3.05) is 0 Å². The number of nitrogens with zero attached hydrogens (tertiary/aromatic N) is 1. The molecule has 0 aliphatic carbocycles. The summed E-state index contributed by atoms with van der Waals surface area (Å²) in [7, 11) is 0. The van der Waals surface area contributed by atoms with Gasteiger partial charge >= 0.3 is 12.0 Å². The lowest BCUT2D eigenvalue weighted by molar-refractivity contribution is -0.124. The van der Waals surface area contributed by atoms with E-state index in [2.05, 4.69) is 32.1 Å². The van der Waals surface area contributed by atoms with Gasteiger partial charge in [-0.15, -0.1) is 0 Å². The van der Waals surface area contributed by atoms with Crippen LogP contribution in [0.5, 0.6) is 0 Å². The topological polar surface area (TPSA) is 101 Å². The highest BCUT2D eigenvalue weighted by Gasteiger charge is 2.16. The van der Waals surface area contributed by atoms with Crippen molar-refractivity contribution in [1.29, 1.82) is 0 Å². The molecule has 0 bridgehead atoms. The van der Waals surface area contributed by atoms with Crippen LogP contribution in [0.1, 0.15) is 30.6 Å². The van der Waals surface area contributed by atoms with Gasteiger partial charge in [0.1, 0.15) is 0 Å². The third-order valence-corrected chi connectivity index (χ3v) is 3.54. The zero-order valence-electron chi connectivity index (χ0n) is 11.5. The van der Waals surface area contributed by atoms with Crippen LogP contribution in [0.15, 0.2) is 28.7 Å². The first kappa shape index (κ1) is 19.6. The summed E-state index contributed by atoms with van der Waals surface area (Å²) in [6.45, 7) is 3.78. The number of rotatable bonds is 3. The van der Waals surface area contributed by atoms with Gasteiger partial charge in [-0.05, 0) is 34.0 Å². The van der Waals surface area contributed by atoms with Crippen LogP contribution in [0, 0.1) is 5.92 Å². The number of benzene rings is 1. The number of imide groups is 1. The number of carboxylic acid groups (broad SMARTS) is 1. The van der Waals surface area contributed by atoms with E-state index in [9.17, 15) is 14.4 Å². The molecule has 1 aromatic rings. The van der Waals surface area contributed by atoms with Crippen LogP contribution in [0.3, 0.4) is 0 Å². The Hall–Kier alpha value is -1.41. The van der Waals surface area contributed by atoms with E-state index in [1.54, 1.807) is 24.3 Å². The number of carbonyl (C=O) groups is 3. The first-order valence-corrected chi connectivity index (χ1v) is 7.43. The molecule has 3 N–H and O–H groups in total. The second-order valence-electron chi connectivity index (χ2n) is 4.40. The number of halogens is 2. The summed E-state index contributed by atoms with van der Waals surface area (Å²) in [6, 6.07) is 5.93. The molecular weight excluding hydrogens is 408 g/mol. The zero-order valence-corrected chi connectivity index (χ0v) is 14.7. The van der Waals surface area contributed by atoms with Crippen molar-refractivity contribution in [3.8, 4) is 0 Å². The number of carbonyl (C=O) groups excluding carboxylic acids is 2. The summed E-state index contributed by atoms with van der Waals surface area (Å²) in [5.41, 5.74) is 5.13. The van der Waals surface area contributed by atoms with Crippen LogP contribution in [0.2, 0.25) is 0 Å². The standard InChI is InChI=1S/C7H5BrO2.C6H11BrN2O2/c8-6-4-2-1-3-5(6)7(9)10;1-4(2)3-5(10)9(7)6(8)11/h1-4H,(H,9,10);4H,3H2,1-2H3,(H2,8,11). The minimum absolute atomic E-state index is 0.224. The van der Waals surface area contributed by atoms with Gasteiger partial charge < -0.3 is 10.8 Å². The summed E-state index contributed by atoms with van der Waals surface area (Å²) in [6.07, 6.45) is 0.314. The summed E-state index contributed by atoms with van der Waals surface area (Å²) in [5.74, 6) is -0.998. The van der Waals surface area contributed by atoms with Crippen molar-refractivity contribution in [2.45, 2.75) is 20.3 Å². The van der Waals surface area contributed by atoms with E-state index in [0.717, 1.165) is 3.93 Å². The fourth-order valence-corrected chi connectivity index (χ4v) is 1.79. The van der Waals surface area contributed by atoms with Gasteiger partial charge in [-0.3, -0.25) is 4.79 Å². The molecule has 6 nitrogen and oxygen atoms in total. The summed E-state index contributed by atoms with van der Waals surface area (Å²) < 4.78 is 1.36. The van der Waals surface area contributed by atoms with Gasteiger partial charge in [0.05, 0.1) is 21.7 Å². The molecule has 0 aliphatic heterocycles. The molecule has 3 amide bonds. The molecule has 116 valence electrons. The van der Waals surface area contributed by atoms with Crippen molar-refractivity contribution < 1.29 is 19.5 Å². The summed E-state index contributed by atoms with van der Waals surface area (Å²) in [5, 5.41) is 8.54. The molecule has 0 aromatic heterocycles. The van der Waals surface area contributed by atoms with Gasteiger partial charge in [0.15, 0.2) is 0 Å². The molecule has 0 radical (unpaired) electrons. The van der Waals surface area contributed by atoms with Crippen LogP contribution < -0.4 is 5.73 Å². The second-order valence-corrected chi connectivity index (χ2v) is 5.96. The van der Waals surface area contributed by atoms with Crippen molar-refractivity contribution in [1.82, 2.24) is 3.93 Å². The number of primary amides is 1. The smallest absolute Gasteiger partial charge is 0.336 e. The third-order valence-electron chi connectivity index (χ3n) is 2.10. The normalized spacial score (nSPS) is 9.57. The average molecular weight is 424 g/mol. The zero-order chi connectivity index (χ0) is 16.6. The molecule has 21 heavy (non-hydrogen) atoms. The van der Waals surface area contributed by atoms with Gasteiger partial charge in [0.25, 0.3) is 0 Å². The first-order chi connectivity index (χ1) is 9.66. The SMILES string of the molecule is CC(C)CC(=O)N(Br)C(N)=O.O=C(O)c1ccccc1Br. The van der Waals surface area contributed by atoms with Gasteiger partial charge in [-0.25, -0.2) is 9.59 Å². The molecule has 0 heterocycles. The highest BCUT2D eigenvalue weighted by Crippen LogP contribution is 2.14. The van der Waals surface area contributed by atoms with E-state index >= 15 is 0 Å². The van der Waals surface area contributed by atoms with E-state index in [0.29, 0.717) is 16.5 Å². The summed E-state index contributed by atoms with van der Waals surface area (Å²) in [4.78, 5) is 31.8. The number of aromatic carboxylic acids is 1. The molecule has 1 aromatic carbocycles. The fourth-order valence-electron chi connectivity index (χ4n) is 1.19. The number of hydrogen-bond donors (Lipinski definition) is 2. The average Bonchev–Trinajstić information content (AvgIpc) is 2.37. The Morgan fingerprint density at radius 3 is 2.14 bits per heavy atom. The number of carboxylic acids is 1. The quantitative estimate of drug-likeness (QED) is 0.727. The van der Waals surface area contributed by atoms with E-state index in [-0.39, 0.29) is 11.8 Å². The lowest BCUT2D eigenvalue weighted by atomic mass is 10.1. The number of hydrogen-bond acceptors (Lipinski definition) is 3. The fraction of sp³-hybridized carbons (Fsp3) is 0.308. The lowest BCUT2D eigenvalue weighted by Crippen LogP contribution is -2.33. The van der Waals surface area contributed by atoms with E-state index in [4.69, 9.17) is 10.8 Å². The monoisotopic (exact) mass is 422 g/mol. The Balaban J connectivity index is 0.000000382.